The van der Waals surface area contributed by atoms with E-state index >= 15 is 0 Å². The van der Waals surface area contributed by atoms with Crippen molar-refractivity contribution >= 4 is 0 Å². The third-order valence-corrected chi connectivity index (χ3v) is 2.36. The number of aliphatic hydroxyl groups excluding tert-OH is 2. The molecule has 4 atom stereocenters. The normalized spacial score (nSPS) is 45.8. The number of ether oxygens (including phenoxy) is 1. The molecule has 1 rings (SSSR count). The van der Waals surface area contributed by atoms with Crippen molar-refractivity contribution in [3.63, 3.8) is 0 Å². The highest BCUT2D eigenvalue weighted by Gasteiger charge is 2.32. The van der Waals surface area contributed by atoms with E-state index in [1.807, 2.05) is 6.92 Å². The predicted molar refractivity (Wildman–Crippen MR) is 41.0 cm³/mol. The van der Waals surface area contributed by atoms with E-state index in [0.29, 0.717) is 6.42 Å². The molecule has 3 heteroatoms. The molecule has 0 aromatic rings. The molecule has 1 aliphatic heterocycles. The van der Waals surface area contributed by atoms with Crippen LogP contribution in [0.25, 0.3) is 0 Å². The Morgan fingerprint density at radius 3 is 2.64 bits per heavy atom. The quantitative estimate of drug-likeness (QED) is 0.587. The lowest BCUT2D eigenvalue weighted by Gasteiger charge is -2.35. The van der Waals surface area contributed by atoms with Gasteiger partial charge in [-0.05, 0) is 12.8 Å². The van der Waals surface area contributed by atoms with E-state index in [-0.39, 0.29) is 12.0 Å². The van der Waals surface area contributed by atoms with E-state index in [0.717, 1.165) is 6.42 Å². The summed E-state index contributed by atoms with van der Waals surface area (Å²) in [6.07, 6.45) is 0.124. The van der Waals surface area contributed by atoms with Gasteiger partial charge in [0.25, 0.3) is 0 Å². The third-order valence-electron chi connectivity index (χ3n) is 2.36. The topological polar surface area (TPSA) is 49.7 Å². The molecule has 66 valence electrons. The second kappa shape index (κ2) is 3.52. The summed E-state index contributed by atoms with van der Waals surface area (Å²) in [4.78, 5) is 0. The molecular formula is C8H16O3. The summed E-state index contributed by atoms with van der Waals surface area (Å²) in [5, 5.41) is 18.7. The molecule has 0 saturated carbocycles. The summed E-state index contributed by atoms with van der Waals surface area (Å²) < 4.78 is 5.04. The molecule has 1 saturated heterocycles. The maximum atomic E-state index is 9.52. The fraction of sp³-hybridized carbons (Fsp3) is 1.00. The smallest absolute Gasteiger partial charge is 0.155 e. The summed E-state index contributed by atoms with van der Waals surface area (Å²) in [6, 6.07) is 0. The van der Waals surface area contributed by atoms with Crippen LogP contribution in [0.4, 0.5) is 0 Å². The molecule has 0 bridgehead atoms. The van der Waals surface area contributed by atoms with Crippen molar-refractivity contribution in [3.05, 3.63) is 0 Å². The zero-order chi connectivity index (χ0) is 8.43. The first-order valence-corrected chi connectivity index (χ1v) is 4.16. The summed E-state index contributed by atoms with van der Waals surface area (Å²) in [7, 11) is 0. The van der Waals surface area contributed by atoms with E-state index in [4.69, 9.17) is 9.84 Å². The van der Waals surface area contributed by atoms with Crippen molar-refractivity contribution in [3.8, 4) is 0 Å². The molecule has 0 spiro atoms. The summed E-state index contributed by atoms with van der Waals surface area (Å²) in [5.74, 6) is 0.189. The molecule has 1 aliphatic rings. The monoisotopic (exact) mass is 160 g/mol. The standard InChI is InChI=1S/C8H16O3/c1-3-6-4-7(9)11-5(2)8(6)10/h5-10H,3-4H2,1-2H3/t5-,6-,7?,8+/m0/s1. The van der Waals surface area contributed by atoms with E-state index in [1.165, 1.54) is 0 Å². The van der Waals surface area contributed by atoms with Crippen LogP contribution < -0.4 is 0 Å². The van der Waals surface area contributed by atoms with Gasteiger partial charge in [-0.15, -0.1) is 0 Å². The maximum absolute atomic E-state index is 9.52. The van der Waals surface area contributed by atoms with Gasteiger partial charge in [-0.3, -0.25) is 0 Å². The first-order chi connectivity index (χ1) is 5.15. The molecular weight excluding hydrogens is 144 g/mol. The second-order valence-electron chi connectivity index (χ2n) is 3.19. The van der Waals surface area contributed by atoms with Crippen LogP contribution in [-0.2, 0) is 4.74 Å². The van der Waals surface area contributed by atoms with Crippen LogP contribution in [0.1, 0.15) is 26.7 Å². The number of aliphatic hydroxyl groups is 2. The molecule has 0 radical (unpaired) electrons. The highest BCUT2D eigenvalue weighted by molar-refractivity contribution is 4.78. The average molecular weight is 160 g/mol. The molecule has 11 heavy (non-hydrogen) atoms. The lowest BCUT2D eigenvalue weighted by molar-refractivity contribution is -0.212. The average Bonchev–Trinajstić information content (AvgIpc) is 1.96. The van der Waals surface area contributed by atoms with Gasteiger partial charge in [-0.25, -0.2) is 0 Å². The van der Waals surface area contributed by atoms with Gasteiger partial charge in [0.05, 0.1) is 12.2 Å². The zero-order valence-corrected chi connectivity index (χ0v) is 7.03. The Morgan fingerprint density at radius 2 is 2.09 bits per heavy atom. The zero-order valence-electron chi connectivity index (χ0n) is 7.03. The molecule has 0 aromatic heterocycles. The molecule has 0 aliphatic carbocycles. The van der Waals surface area contributed by atoms with Gasteiger partial charge >= 0.3 is 0 Å². The number of hydrogen-bond donors (Lipinski definition) is 2. The molecule has 2 N–H and O–H groups in total. The van der Waals surface area contributed by atoms with Gasteiger partial charge in [0.2, 0.25) is 0 Å². The van der Waals surface area contributed by atoms with Crippen molar-refractivity contribution in [2.24, 2.45) is 5.92 Å². The molecule has 0 amide bonds. The van der Waals surface area contributed by atoms with Crippen LogP contribution in [0.3, 0.4) is 0 Å². The second-order valence-corrected chi connectivity index (χ2v) is 3.19. The Balaban J connectivity index is 2.51. The number of hydrogen-bond acceptors (Lipinski definition) is 3. The fourth-order valence-electron chi connectivity index (χ4n) is 1.57. The van der Waals surface area contributed by atoms with Gasteiger partial charge < -0.3 is 14.9 Å². The van der Waals surface area contributed by atoms with Crippen LogP contribution >= 0.6 is 0 Å². The molecule has 1 heterocycles. The Bertz CT molecular complexity index is 127. The highest BCUT2D eigenvalue weighted by atomic mass is 16.6. The SMILES string of the molecule is CC[C@H]1CC(O)O[C@@H](C)[C@H]1O. The molecule has 0 aromatic carbocycles. The van der Waals surface area contributed by atoms with E-state index in [9.17, 15) is 5.11 Å². The number of rotatable bonds is 1. The lowest BCUT2D eigenvalue weighted by Crippen LogP contribution is -2.43. The first kappa shape index (κ1) is 8.97. The van der Waals surface area contributed by atoms with Gasteiger partial charge in [-0.1, -0.05) is 13.3 Å². The fourth-order valence-corrected chi connectivity index (χ4v) is 1.57. The van der Waals surface area contributed by atoms with Gasteiger partial charge in [0, 0.05) is 6.42 Å². The van der Waals surface area contributed by atoms with Crippen LogP contribution in [0, 0.1) is 5.92 Å². The van der Waals surface area contributed by atoms with Crippen molar-refractivity contribution < 1.29 is 14.9 Å². The van der Waals surface area contributed by atoms with Crippen molar-refractivity contribution in [2.45, 2.75) is 45.2 Å². The molecule has 1 fully saturated rings. The largest absolute Gasteiger partial charge is 0.390 e. The van der Waals surface area contributed by atoms with Crippen LogP contribution in [-0.4, -0.2) is 28.7 Å². The van der Waals surface area contributed by atoms with Crippen LogP contribution in [0.15, 0.2) is 0 Å². The Morgan fingerprint density at radius 1 is 1.45 bits per heavy atom. The van der Waals surface area contributed by atoms with Crippen molar-refractivity contribution in [1.82, 2.24) is 0 Å². The predicted octanol–water partition coefficient (Wildman–Crippen LogP) is 0.501. The molecule has 1 unspecified atom stereocenters. The Labute approximate surface area is 67.0 Å². The van der Waals surface area contributed by atoms with Crippen molar-refractivity contribution in [1.29, 1.82) is 0 Å². The van der Waals surface area contributed by atoms with Crippen molar-refractivity contribution in [2.75, 3.05) is 0 Å². The first-order valence-electron chi connectivity index (χ1n) is 4.16. The summed E-state index contributed by atoms with van der Waals surface area (Å²) in [5.41, 5.74) is 0. The highest BCUT2D eigenvalue weighted by Crippen LogP contribution is 2.26. The van der Waals surface area contributed by atoms with Crippen LogP contribution in [0.2, 0.25) is 0 Å². The Hall–Kier alpha value is -0.120. The van der Waals surface area contributed by atoms with E-state index in [2.05, 4.69) is 0 Å². The minimum Gasteiger partial charge on any atom is -0.390 e. The van der Waals surface area contributed by atoms with Gasteiger partial charge in [0.15, 0.2) is 6.29 Å². The third kappa shape index (κ3) is 1.92. The summed E-state index contributed by atoms with van der Waals surface area (Å²) >= 11 is 0. The van der Waals surface area contributed by atoms with Gasteiger partial charge in [-0.2, -0.15) is 0 Å². The molecule has 3 nitrogen and oxygen atoms in total. The lowest BCUT2D eigenvalue weighted by atomic mass is 9.90. The minimum atomic E-state index is -0.682. The van der Waals surface area contributed by atoms with Crippen LogP contribution in [0.5, 0.6) is 0 Å². The van der Waals surface area contributed by atoms with E-state index in [1.54, 1.807) is 6.92 Å². The maximum Gasteiger partial charge on any atom is 0.155 e. The summed E-state index contributed by atoms with van der Waals surface area (Å²) in [6.45, 7) is 3.80. The van der Waals surface area contributed by atoms with Gasteiger partial charge in [0.1, 0.15) is 0 Å². The minimum absolute atomic E-state index is 0.189. The van der Waals surface area contributed by atoms with E-state index < -0.39 is 12.4 Å². The Kier molecular flexibility index (Phi) is 2.87.